The Kier molecular flexibility index (Phi) is 3.47. The number of rotatable bonds is 2. The molecule has 0 radical (unpaired) electrons. The zero-order valence-electron chi connectivity index (χ0n) is 11.3. The molecule has 1 unspecified atom stereocenters. The fourth-order valence-electron chi connectivity index (χ4n) is 2.84. The lowest BCUT2D eigenvalue weighted by molar-refractivity contribution is -0.0332. The molecule has 96 valence electrons. The van der Waals surface area contributed by atoms with E-state index in [0.29, 0.717) is 6.10 Å². The summed E-state index contributed by atoms with van der Waals surface area (Å²) in [5.41, 5.74) is -0.0199. The van der Waals surface area contributed by atoms with E-state index in [2.05, 4.69) is 31.7 Å². The highest BCUT2D eigenvalue weighted by molar-refractivity contribution is 4.99. The lowest BCUT2D eigenvalue weighted by Gasteiger charge is -2.36. The second kappa shape index (κ2) is 4.59. The number of nitrogens with zero attached hydrogens (tertiary/aromatic N) is 2. The molecule has 3 nitrogen and oxygen atoms in total. The Morgan fingerprint density at radius 3 is 2.35 bits per heavy atom. The Balaban J connectivity index is 1.78. The molecular weight excluding hydrogens is 212 g/mol. The van der Waals surface area contributed by atoms with Crippen LogP contribution in [0.3, 0.4) is 0 Å². The van der Waals surface area contributed by atoms with Gasteiger partial charge >= 0.3 is 0 Å². The Morgan fingerprint density at radius 2 is 1.88 bits per heavy atom. The Bertz CT molecular complexity index is 311. The summed E-state index contributed by atoms with van der Waals surface area (Å²) >= 11 is 0. The highest BCUT2D eigenvalue weighted by Crippen LogP contribution is 2.33. The molecule has 2 aliphatic rings. The molecule has 0 spiro atoms. The highest BCUT2D eigenvalue weighted by Gasteiger charge is 2.35. The number of piperidine rings is 1. The smallest absolute Gasteiger partial charge is 0.0710 e. The molecule has 0 bridgehead atoms. The van der Waals surface area contributed by atoms with Gasteiger partial charge in [0, 0.05) is 6.54 Å². The van der Waals surface area contributed by atoms with E-state index in [1.165, 1.54) is 12.8 Å². The summed E-state index contributed by atoms with van der Waals surface area (Å²) in [6.45, 7) is 9.57. The van der Waals surface area contributed by atoms with E-state index in [-0.39, 0.29) is 11.0 Å². The topological polar surface area (TPSA) is 36.3 Å². The second-order valence-electron chi connectivity index (χ2n) is 6.51. The average Bonchev–Trinajstić information content (AvgIpc) is 2.62. The van der Waals surface area contributed by atoms with Crippen LogP contribution in [0.2, 0.25) is 0 Å². The van der Waals surface area contributed by atoms with Gasteiger partial charge in [-0.25, -0.2) is 0 Å². The fraction of sp³-hybridized carbons (Fsp3) is 0.929. The average molecular weight is 236 g/mol. The van der Waals surface area contributed by atoms with Crippen LogP contribution in [0.25, 0.3) is 0 Å². The number of hydrogen-bond acceptors (Lipinski definition) is 3. The maximum absolute atomic E-state index is 9.10. The van der Waals surface area contributed by atoms with E-state index in [4.69, 9.17) is 10.00 Å². The molecule has 17 heavy (non-hydrogen) atoms. The first-order valence-corrected chi connectivity index (χ1v) is 6.74. The first-order chi connectivity index (χ1) is 7.92. The van der Waals surface area contributed by atoms with Crippen molar-refractivity contribution < 1.29 is 4.74 Å². The molecule has 2 fully saturated rings. The monoisotopic (exact) mass is 236 g/mol. The van der Waals surface area contributed by atoms with Crippen molar-refractivity contribution in [1.82, 2.24) is 4.90 Å². The van der Waals surface area contributed by atoms with Crippen LogP contribution >= 0.6 is 0 Å². The number of nitriles is 1. The van der Waals surface area contributed by atoms with Crippen molar-refractivity contribution in [3.63, 3.8) is 0 Å². The summed E-state index contributed by atoms with van der Waals surface area (Å²) in [7, 11) is 0. The van der Waals surface area contributed by atoms with Crippen LogP contribution in [0.4, 0.5) is 0 Å². The van der Waals surface area contributed by atoms with Gasteiger partial charge in [-0.05, 0) is 59.5 Å². The Labute approximate surface area is 105 Å². The third-order valence-corrected chi connectivity index (χ3v) is 4.25. The number of hydrogen-bond donors (Lipinski definition) is 0. The van der Waals surface area contributed by atoms with E-state index < -0.39 is 0 Å². The van der Waals surface area contributed by atoms with Gasteiger partial charge in [0.25, 0.3) is 0 Å². The van der Waals surface area contributed by atoms with E-state index in [0.717, 1.165) is 32.5 Å². The molecule has 0 aromatic rings. The van der Waals surface area contributed by atoms with E-state index >= 15 is 0 Å². The quantitative estimate of drug-likeness (QED) is 0.739. The molecule has 0 saturated carbocycles. The molecule has 2 rings (SSSR count). The molecule has 0 amide bonds. The highest BCUT2D eigenvalue weighted by atomic mass is 16.5. The summed E-state index contributed by atoms with van der Waals surface area (Å²) in [5.74, 6) is 0. The van der Waals surface area contributed by atoms with Crippen molar-refractivity contribution in [2.75, 3.05) is 19.6 Å². The molecule has 3 heteroatoms. The third-order valence-electron chi connectivity index (χ3n) is 4.25. The Morgan fingerprint density at radius 1 is 1.24 bits per heavy atom. The lowest BCUT2D eigenvalue weighted by Crippen LogP contribution is -2.42. The van der Waals surface area contributed by atoms with Crippen LogP contribution in [-0.4, -0.2) is 36.2 Å². The molecule has 0 aromatic carbocycles. The minimum absolute atomic E-state index is 0.0711. The molecule has 0 aromatic heterocycles. The van der Waals surface area contributed by atoms with E-state index in [1.807, 2.05) is 0 Å². The van der Waals surface area contributed by atoms with Crippen LogP contribution in [0.1, 0.15) is 46.5 Å². The predicted molar refractivity (Wildman–Crippen MR) is 67.6 cm³/mol. The van der Waals surface area contributed by atoms with E-state index in [1.54, 1.807) is 0 Å². The van der Waals surface area contributed by atoms with Gasteiger partial charge in [-0.15, -0.1) is 0 Å². The molecule has 2 saturated heterocycles. The SMILES string of the molecule is CC1(C#N)CCN(CC2CCC(C)(C)O2)CC1. The van der Waals surface area contributed by atoms with Gasteiger partial charge in [0.15, 0.2) is 0 Å². The molecule has 1 atom stereocenters. The van der Waals surface area contributed by atoms with Gasteiger partial charge in [-0.2, -0.15) is 5.26 Å². The van der Waals surface area contributed by atoms with Crippen LogP contribution in [0, 0.1) is 16.7 Å². The standard InChI is InChI=1S/C14H24N2O/c1-13(2)5-4-12(17-13)10-16-8-6-14(3,11-15)7-9-16/h12H,4-10H2,1-3H3. The van der Waals surface area contributed by atoms with Gasteiger partial charge in [0.05, 0.1) is 23.2 Å². The van der Waals surface area contributed by atoms with Crippen molar-refractivity contribution in [3.05, 3.63) is 0 Å². The van der Waals surface area contributed by atoms with Gasteiger partial charge in [-0.1, -0.05) is 0 Å². The predicted octanol–water partition coefficient (Wildman–Crippen LogP) is 2.57. The van der Waals surface area contributed by atoms with Crippen molar-refractivity contribution >= 4 is 0 Å². The van der Waals surface area contributed by atoms with Crippen LogP contribution < -0.4 is 0 Å². The number of ether oxygens (including phenoxy) is 1. The third kappa shape index (κ3) is 3.20. The zero-order chi connectivity index (χ0) is 12.5. The van der Waals surface area contributed by atoms with Crippen molar-refractivity contribution in [2.24, 2.45) is 5.41 Å². The molecule has 2 aliphatic heterocycles. The first-order valence-electron chi connectivity index (χ1n) is 6.74. The fourth-order valence-corrected chi connectivity index (χ4v) is 2.84. The lowest BCUT2D eigenvalue weighted by atomic mass is 9.82. The largest absolute Gasteiger partial charge is 0.371 e. The maximum atomic E-state index is 9.10. The first kappa shape index (κ1) is 12.9. The number of likely N-dealkylation sites (tertiary alicyclic amines) is 1. The molecule has 2 heterocycles. The molecule has 0 aliphatic carbocycles. The normalized spacial score (nSPS) is 32.2. The van der Waals surface area contributed by atoms with E-state index in [9.17, 15) is 0 Å². The second-order valence-corrected chi connectivity index (χ2v) is 6.51. The van der Waals surface area contributed by atoms with Crippen molar-refractivity contribution in [3.8, 4) is 6.07 Å². The summed E-state index contributed by atoms with van der Waals surface area (Å²) < 4.78 is 6.02. The van der Waals surface area contributed by atoms with Crippen LogP contribution in [-0.2, 0) is 4.74 Å². The van der Waals surface area contributed by atoms with Crippen LogP contribution in [0.15, 0.2) is 0 Å². The zero-order valence-corrected chi connectivity index (χ0v) is 11.3. The summed E-state index contributed by atoms with van der Waals surface area (Å²) in [6.07, 6.45) is 4.75. The van der Waals surface area contributed by atoms with Gasteiger partial charge < -0.3 is 9.64 Å². The van der Waals surface area contributed by atoms with Gasteiger partial charge in [-0.3, -0.25) is 0 Å². The van der Waals surface area contributed by atoms with Gasteiger partial charge in [0.1, 0.15) is 0 Å². The minimum Gasteiger partial charge on any atom is -0.371 e. The Hall–Kier alpha value is -0.590. The maximum Gasteiger partial charge on any atom is 0.0710 e. The summed E-state index contributed by atoms with van der Waals surface area (Å²) in [5, 5.41) is 9.10. The van der Waals surface area contributed by atoms with Crippen molar-refractivity contribution in [2.45, 2.75) is 58.2 Å². The molecule has 0 N–H and O–H groups in total. The van der Waals surface area contributed by atoms with Gasteiger partial charge in [0.2, 0.25) is 0 Å². The molecular formula is C14H24N2O. The summed E-state index contributed by atoms with van der Waals surface area (Å²) in [4.78, 5) is 2.46. The minimum atomic E-state index is -0.0910. The van der Waals surface area contributed by atoms with Crippen LogP contribution in [0.5, 0.6) is 0 Å². The summed E-state index contributed by atoms with van der Waals surface area (Å²) in [6, 6.07) is 2.45. The van der Waals surface area contributed by atoms with Crippen molar-refractivity contribution in [1.29, 1.82) is 5.26 Å².